The first-order chi connectivity index (χ1) is 7.70. The van der Waals surface area contributed by atoms with Crippen LogP contribution in [0.25, 0.3) is 0 Å². The van der Waals surface area contributed by atoms with E-state index in [1.807, 2.05) is 0 Å². The highest BCUT2D eigenvalue weighted by Gasteiger charge is 2.30. The minimum absolute atomic E-state index is 0.731. The number of rotatable bonds is 4. The second-order valence-electron chi connectivity index (χ2n) is 5.52. The molecule has 2 unspecified atom stereocenters. The lowest BCUT2D eigenvalue weighted by atomic mass is 9.70. The van der Waals surface area contributed by atoms with Gasteiger partial charge in [-0.05, 0) is 54.7 Å². The van der Waals surface area contributed by atoms with E-state index in [4.69, 9.17) is 5.73 Å². The summed E-state index contributed by atoms with van der Waals surface area (Å²) < 4.78 is 0. The minimum Gasteiger partial charge on any atom is -0.330 e. The lowest BCUT2D eigenvalue weighted by Crippen LogP contribution is -2.30. The first-order valence-corrected chi connectivity index (χ1v) is 6.49. The lowest BCUT2D eigenvalue weighted by Gasteiger charge is -2.36. The molecule has 0 aromatic heterocycles. The SMILES string of the molecule is CC(C)Cc1cccc(C2CCC2CN)c1. The van der Waals surface area contributed by atoms with Crippen LogP contribution >= 0.6 is 0 Å². The average molecular weight is 217 g/mol. The van der Waals surface area contributed by atoms with Gasteiger partial charge in [0.1, 0.15) is 0 Å². The first kappa shape index (κ1) is 11.7. The van der Waals surface area contributed by atoms with E-state index in [9.17, 15) is 0 Å². The molecular weight excluding hydrogens is 194 g/mol. The van der Waals surface area contributed by atoms with Gasteiger partial charge in [0.25, 0.3) is 0 Å². The second kappa shape index (κ2) is 5.01. The van der Waals surface area contributed by atoms with Crippen molar-refractivity contribution in [2.24, 2.45) is 17.6 Å². The Balaban J connectivity index is 2.10. The van der Waals surface area contributed by atoms with Crippen LogP contribution in [-0.2, 0) is 6.42 Å². The molecule has 1 heteroatoms. The summed E-state index contributed by atoms with van der Waals surface area (Å²) in [6, 6.07) is 9.13. The van der Waals surface area contributed by atoms with Crippen molar-refractivity contribution < 1.29 is 0 Å². The topological polar surface area (TPSA) is 26.0 Å². The number of nitrogens with two attached hydrogens (primary N) is 1. The van der Waals surface area contributed by atoms with Crippen molar-refractivity contribution in [3.05, 3.63) is 35.4 Å². The molecule has 2 N–H and O–H groups in total. The molecule has 1 saturated carbocycles. The summed E-state index contributed by atoms with van der Waals surface area (Å²) in [5, 5.41) is 0. The molecule has 1 aliphatic rings. The van der Waals surface area contributed by atoms with Crippen LogP contribution in [0.3, 0.4) is 0 Å². The van der Waals surface area contributed by atoms with E-state index in [0.717, 1.165) is 24.3 Å². The third-order valence-corrected chi connectivity index (χ3v) is 3.74. The maximum atomic E-state index is 5.78. The van der Waals surface area contributed by atoms with E-state index in [1.165, 1.54) is 30.4 Å². The van der Waals surface area contributed by atoms with Gasteiger partial charge in [0.15, 0.2) is 0 Å². The van der Waals surface area contributed by atoms with E-state index in [2.05, 4.69) is 38.1 Å². The monoisotopic (exact) mass is 217 g/mol. The van der Waals surface area contributed by atoms with E-state index < -0.39 is 0 Å². The summed E-state index contributed by atoms with van der Waals surface area (Å²) in [7, 11) is 0. The van der Waals surface area contributed by atoms with E-state index in [0.29, 0.717) is 0 Å². The van der Waals surface area contributed by atoms with Crippen LogP contribution in [0.5, 0.6) is 0 Å². The molecule has 1 aromatic rings. The Morgan fingerprint density at radius 1 is 1.31 bits per heavy atom. The zero-order valence-electron chi connectivity index (χ0n) is 10.4. The van der Waals surface area contributed by atoms with Gasteiger partial charge in [-0.25, -0.2) is 0 Å². The maximum absolute atomic E-state index is 5.78. The van der Waals surface area contributed by atoms with E-state index in [-0.39, 0.29) is 0 Å². The van der Waals surface area contributed by atoms with Crippen molar-refractivity contribution in [2.45, 2.75) is 39.0 Å². The van der Waals surface area contributed by atoms with Gasteiger partial charge in [0, 0.05) is 0 Å². The number of hydrogen-bond acceptors (Lipinski definition) is 1. The molecule has 0 aliphatic heterocycles. The molecule has 0 spiro atoms. The zero-order chi connectivity index (χ0) is 11.5. The van der Waals surface area contributed by atoms with Crippen LogP contribution < -0.4 is 5.73 Å². The van der Waals surface area contributed by atoms with Crippen molar-refractivity contribution in [3.8, 4) is 0 Å². The maximum Gasteiger partial charge on any atom is -0.00430 e. The zero-order valence-corrected chi connectivity index (χ0v) is 10.4. The van der Waals surface area contributed by atoms with Gasteiger partial charge < -0.3 is 5.73 Å². The van der Waals surface area contributed by atoms with Gasteiger partial charge in [0.2, 0.25) is 0 Å². The summed E-state index contributed by atoms with van der Waals surface area (Å²) in [4.78, 5) is 0. The Labute approximate surface area is 99.0 Å². The molecule has 0 saturated heterocycles. The van der Waals surface area contributed by atoms with Crippen LogP contribution in [0.15, 0.2) is 24.3 Å². The minimum atomic E-state index is 0.731. The van der Waals surface area contributed by atoms with Gasteiger partial charge in [-0.2, -0.15) is 0 Å². The van der Waals surface area contributed by atoms with Gasteiger partial charge in [-0.3, -0.25) is 0 Å². The van der Waals surface area contributed by atoms with Crippen molar-refractivity contribution >= 4 is 0 Å². The highest BCUT2D eigenvalue weighted by Crippen LogP contribution is 2.41. The highest BCUT2D eigenvalue weighted by molar-refractivity contribution is 5.28. The Bertz CT molecular complexity index is 341. The molecule has 1 fully saturated rings. The Hall–Kier alpha value is -0.820. The third-order valence-electron chi connectivity index (χ3n) is 3.74. The molecule has 0 heterocycles. The largest absolute Gasteiger partial charge is 0.330 e. The summed E-state index contributed by atoms with van der Waals surface area (Å²) in [6.07, 6.45) is 3.83. The molecule has 2 atom stereocenters. The molecule has 0 amide bonds. The fourth-order valence-corrected chi connectivity index (χ4v) is 2.71. The normalized spacial score (nSPS) is 24.5. The number of hydrogen-bond donors (Lipinski definition) is 1. The molecule has 1 aliphatic carbocycles. The van der Waals surface area contributed by atoms with Gasteiger partial charge in [0.05, 0.1) is 0 Å². The van der Waals surface area contributed by atoms with Crippen LogP contribution in [0.1, 0.15) is 43.7 Å². The first-order valence-electron chi connectivity index (χ1n) is 6.49. The van der Waals surface area contributed by atoms with Crippen LogP contribution in [-0.4, -0.2) is 6.54 Å². The smallest absolute Gasteiger partial charge is 0.00430 e. The molecular formula is C15H23N. The standard InChI is InChI=1S/C15H23N/c1-11(2)8-12-4-3-5-13(9-12)15-7-6-14(15)10-16/h3-5,9,11,14-15H,6-8,10,16H2,1-2H3. The summed E-state index contributed by atoms with van der Waals surface area (Å²) in [5.41, 5.74) is 8.78. The molecule has 1 aromatic carbocycles. The molecule has 16 heavy (non-hydrogen) atoms. The summed E-state index contributed by atoms with van der Waals surface area (Å²) in [5.74, 6) is 2.20. The van der Waals surface area contributed by atoms with Gasteiger partial charge in [-0.15, -0.1) is 0 Å². The lowest BCUT2D eigenvalue weighted by molar-refractivity contribution is 0.263. The van der Waals surface area contributed by atoms with Crippen molar-refractivity contribution in [2.75, 3.05) is 6.54 Å². The molecule has 2 rings (SSSR count). The Morgan fingerprint density at radius 3 is 2.69 bits per heavy atom. The van der Waals surface area contributed by atoms with Crippen molar-refractivity contribution in [1.82, 2.24) is 0 Å². The fraction of sp³-hybridized carbons (Fsp3) is 0.600. The van der Waals surface area contributed by atoms with Crippen molar-refractivity contribution in [3.63, 3.8) is 0 Å². The predicted octanol–water partition coefficient (Wildman–Crippen LogP) is 3.34. The average Bonchev–Trinajstić information content (AvgIpc) is 2.16. The molecule has 0 bridgehead atoms. The van der Waals surface area contributed by atoms with Crippen LogP contribution in [0, 0.1) is 11.8 Å². The predicted molar refractivity (Wildman–Crippen MR) is 69.5 cm³/mol. The van der Waals surface area contributed by atoms with E-state index in [1.54, 1.807) is 0 Å². The number of benzene rings is 1. The van der Waals surface area contributed by atoms with Gasteiger partial charge >= 0.3 is 0 Å². The second-order valence-corrected chi connectivity index (χ2v) is 5.52. The summed E-state index contributed by atoms with van der Waals surface area (Å²) in [6.45, 7) is 5.40. The molecule has 0 radical (unpaired) electrons. The summed E-state index contributed by atoms with van der Waals surface area (Å²) >= 11 is 0. The van der Waals surface area contributed by atoms with Crippen LogP contribution in [0.2, 0.25) is 0 Å². The Kier molecular flexibility index (Phi) is 3.65. The van der Waals surface area contributed by atoms with Crippen molar-refractivity contribution in [1.29, 1.82) is 0 Å². The highest BCUT2D eigenvalue weighted by atomic mass is 14.6. The van der Waals surface area contributed by atoms with Crippen LogP contribution in [0.4, 0.5) is 0 Å². The Morgan fingerprint density at radius 2 is 2.12 bits per heavy atom. The third kappa shape index (κ3) is 2.46. The van der Waals surface area contributed by atoms with Gasteiger partial charge in [-0.1, -0.05) is 38.1 Å². The quantitative estimate of drug-likeness (QED) is 0.822. The van der Waals surface area contributed by atoms with E-state index >= 15 is 0 Å². The molecule has 1 nitrogen and oxygen atoms in total. The fourth-order valence-electron chi connectivity index (χ4n) is 2.71. The molecule has 88 valence electrons.